The Morgan fingerprint density at radius 2 is 2.00 bits per heavy atom. The standard InChI is InChI=1S/C20H24N4S.HI/c1-4-22-20(23-13-17-7-5-6-16(11-17)12-21)24-14-18-9-8-15(2)10-19(18)25-3;/h5-11H,4,13-14H2,1-3H3,(H2,22,23,24);1H. The number of rotatable bonds is 6. The van der Waals surface area contributed by atoms with Crippen molar-refractivity contribution in [1.29, 1.82) is 5.26 Å². The van der Waals surface area contributed by atoms with Gasteiger partial charge in [-0.15, -0.1) is 35.7 Å². The smallest absolute Gasteiger partial charge is 0.191 e. The van der Waals surface area contributed by atoms with Crippen molar-refractivity contribution < 1.29 is 0 Å². The molecule has 0 aromatic heterocycles. The molecule has 138 valence electrons. The third-order valence-electron chi connectivity index (χ3n) is 3.71. The van der Waals surface area contributed by atoms with E-state index in [9.17, 15) is 0 Å². The van der Waals surface area contributed by atoms with Gasteiger partial charge in [0.2, 0.25) is 0 Å². The Bertz CT molecular complexity index is 784. The van der Waals surface area contributed by atoms with Crippen LogP contribution >= 0.6 is 35.7 Å². The molecule has 0 spiro atoms. The van der Waals surface area contributed by atoms with Crippen LogP contribution < -0.4 is 10.6 Å². The number of hydrogen-bond acceptors (Lipinski definition) is 3. The maximum absolute atomic E-state index is 8.99. The number of nitriles is 1. The average molecular weight is 480 g/mol. The molecule has 2 aromatic carbocycles. The van der Waals surface area contributed by atoms with Gasteiger partial charge in [0.25, 0.3) is 0 Å². The second kappa shape index (κ2) is 11.8. The molecule has 0 heterocycles. The van der Waals surface area contributed by atoms with Crippen molar-refractivity contribution in [3.8, 4) is 6.07 Å². The Morgan fingerprint density at radius 3 is 2.69 bits per heavy atom. The molecule has 2 rings (SSSR count). The molecule has 6 heteroatoms. The van der Waals surface area contributed by atoms with Crippen molar-refractivity contribution in [3.63, 3.8) is 0 Å². The predicted octanol–water partition coefficient (Wildman–Crippen LogP) is 4.46. The van der Waals surface area contributed by atoms with Crippen molar-refractivity contribution in [2.75, 3.05) is 12.8 Å². The molecule has 0 bridgehead atoms. The largest absolute Gasteiger partial charge is 0.357 e. The Morgan fingerprint density at radius 1 is 1.19 bits per heavy atom. The summed E-state index contributed by atoms with van der Waals surface area (Å²) >= 11 is 1.76. The quantitative estimate of drug-likeness (QED) is 0.278. The number of nitrogens with zero attached hydrogens (tertiary/aromatic N) is 2. The molecular weight excluding hydrogens is 455 g/mol. The van der Waals surface area contributed by atoms with Gasteiger partial charge >= 0.3 is 0 Å². The molecule has 26 heavy (non-hydrogen) atoms. The average Bonchev–Trinajstić information content (AvgIpc) is 2.64. The van der Waals surface area contributed by atoms with Gasteiger partial charge in [0, 0.05) is 18.0 Å². The number of aliphatic imine (C=N–C) groups is 1. The van der Waals surface area contributed by atoms with Gasteiger partial charge in [0.1, 0.15) is 0 Å². The van der Waals surface area contributed by atoms with Gasteiger partial charge in [0.05, 0.1) is 18.2 Å². The first-order valence-electron chi connectivity index (χ1n) is 8.31. The number of halogens is 1. The highest BCUT2D eigenvalue weighted by Gasteiger charge is 2.04. The van der Waals surface area contributed by atoms with Crippen molar-refractivity contribution in [2.24, 2.45) is 4.99 Å². The summed E-state index contributed by atoms with van der Waals surface area (Å²) in [5.74, 6) is 0.775. The topological polar surface area (TPSA) is 60.2 Å². The highest BCUT2D eigenvalue weighted by molar-refractivity contribution is 14.0. The van der Waals surface area contributed by atoms with E-state index in [4.69, 9.17) is 5.26 Å². The van der Waals surface area contributed by atoms with Gasteiger partial charge in [-0.2, -0.15) is 5.26 Å². The van der Waals surface area contributed by atoms with Gasteiger partial charge in [-0.25, -0.2) is 4.99 Å². The lowest BCUT2D eigenvalue weighted by molar-refractivity contribution is 0.807. The fourth-order valence-electron chi connectivity index (χ4n) is 2.43. The number of benzene rings is 2. The summed E-state index contributed by atoms with van der Waals surface area (Å²) in [4.78, 5) is 5.91. The molecule has 0 amide bonds. The van der Waals surface area contributed by atoms with E-state index in [1.165, 1.54) is 16.0 Å². The molecule has 0 aliphatic carbocycles. The molecule has 0 aliphatic heterocycles. The van der Waals surface area contributed by atoms with E-state index >= 15 is 0 Å². The normalized spacial score (nSPS) is 10.6. The second-order valence-electron chi connectivity index (χ2n) is 5.68. The number of guanidine groups is 1. The number of nitrogens with one attached hydrogen (secondary N) is 2. The predicted molar refractivity (Wildman–Crippen MR) is 121 cm³/mol. The van der Waals surface area contributed by atoms with Crippen LogP contribution in [0.1, 0.15) is 29.2 Å². The number of thioether (sulfide) groups is 1. The van der Waals surface area contributed by atoms with Crippen molar-refractivity contribution >= 4 is 41.7 Å². The van der Waals surface area contributed by atoms with Crippen LogP contribution in [0, 0.1) is 18.3 Å². The third kappa shape index (κ3) is 6.89. The third-order valence-corrected chi connectivity index (χ3v) is 4.53. The lowest BCUT2D eigenvalue weighted by Crippen LogP contribution is -2.36. The molecule has 4 nitrogen and oxygen atoms in total. The van der Waals surface area contributed by atoms with E-state index in [2.05, 4.69) is 53.1 Å². The maximum Gasteiger partial charge on any atom is 0.191 e. The summed E-state index contributed by atoms with van der Waals surface area (Å²) in [6.45, 7) is 6.21. The summed E-state index contributed by atoms with van der Waals surface area (Å²) in [5, 5.41) is 15.6. The summed E-state index contributed by atoms with van der Waals surface area (Å²) in [5.41, 5.74) is 4.22. The Hall–Kier alpha value is -1.72. The summed E-state index contributed by atoms with van der Waals surface area (Å²) in [6, 6.07) is 16.2. The minimum absolute atomic E-state index is 0. The van der Waals surface area contributed by atoms with Crippen LogP contribution in [0.4, 0.5) is 0 Å². The van der Waals surface area contributed by atoms with Crippen LogP contribution in [0.25, 0.3) is 0 Å². The molecule has 2 aromatic rings. The Balaban J connectivity index is 0.00000338. The van der Waals surface area contributed by atoms with Gasteiger partial charge in [-0.3, -0.25) is 0 Å². The zero-order valence-corrected chi connectivity index (χ0v) is 18.5. The van der Waals surface area contributed by atoms with Crippen LogP contribution in [0.5, 0.6) is 0 Å². The maximum atomic E-state index is 8.99. The van der Waals surface area contributed by atoms with Gasteiger partial charge < -0.3 is 10.6 Å². The van der Waals surface area contributed by atoms with E-state index in [0.29, 0.717) is 12.1 Å². The van der Waals surface area contributed by atoms with E-state index in [1.807, 2.05) is 25.1 Å². The highest BCUT2D eigenvalue weighted by atomic mass is 127. The minimum Gasteiger partial charge on any atom is -0.357 e. The zero-order chi connectivity index (χ0) is 18.1. The molecule has 2 N–H and O–H groups in total. The molecule has 0 aliphatic rings. The highest BCUT2D eigenvalue weighted by Crippen LogP contribution is 2.21. The lowest BCUT2D eigenvalue weighted by Gasteiger charge is -2.14. The van der Waals surface area contributed by atoms with Gasteiger partial charge in [-0.1, -0.05) is 24.3 Å². The molecular formula is C20H25IN4S. The first-order valence-corrected chi connectivity index (χ1v) is 9.53. The monoisotopic (exact) mass is 480 g/mol. The fourth-order valence-corrected chi connectivity index (χ4v) is 3.13. The molecule has 0 saturated carbocycles. The van der Waals surface area contributed by atoms with Crippen LogP contribution in [-0.4, -0.2) is 18.8 Å². The molecule has 0 fully saturated rings. The van der Waals surface area contributed by atoms with Crippen LogP contribution in [0.2, 0.25) is 0 Å². The van der Waals surface area contributed by atoms with Gasteiger partial charge in [-0.05, 0) is 55.0 Å². The van der Waals surface area contributed by atoms with Crippen molar-refractivity contribution in [2.45, 2.75) is 31.8 Å². The lowest BCUT2D eigenvalue weighted by atomic mass is 10.1. The molecule has 0 saturated heterocycles. The molecule has 0 radical (unpaired) electrons. The summed E-state index contributed by atoms with van der Waals surface area (Å²) in [6.07, 6.45) is 2.10. The van der Waals surface area contributed by atoms with E-state index in [-0.39, 0.29) is 24.0 Å². The SMILES string of the molecule is CCNC(=NCc1cccc(C#N)c1)NCc1ccc(C)cc1SC.I. The van der Waals surface area contributed by atoms with Crippen LogP contribution in [0.15, 0.2) is 52.4 Å². The summed E-state index contributed by atoms with van der Waals surface area (Å²) in [7, 11) is 0. The number of hydrogen-bond donors (Lipinski definition) is 2. The first kappa shape index (κ1) is 22.3. The van der Waals surface area contributed by atoms with Crippen molar-refractivity contribution in [3.05, 3.63) is 64.7 Å². The number of aryl methyl sites for hydroxylation is 1. The summed E-state index contributed by atoms with van der Waals surface area (Å²) < 4.78 is 0. The Labute approximate surface area is 177 Å². The molecule has 0 atom stereocenters. The van der Waals surface area contributed by atoms with Crippen molar-refractivity contribution in [1.82, 2.24) is 10.6 Å². The van der Waals surface area contributed by atoms with Gasteiger partial charge in [0.15, 0.2) is 5.96 Å². The van der Waals surface area contributed by atoms with Crippen LogP contribution in [0.3, 0.4) is 0 Å². The minimum atomic E-state index is 0. The zero-order valence-electron chi connectivity index (χ0n) is 15.4. The van der Waals surface area contributed by atoms with Crippen LogP contribution in [-0.2, 0) is 13.1 Å². The van der Waals surface area contributed by atoms with E-state index in [1.54, 1.807) is 17.8 Å². The Kier molecular flexibility index (Phi) is 10.1. The fraction of sp³-hybridized carbons (Fsp3) is 0.300. The first-order chi connectivity index (χ1) is 12.2. The molecule has 0 unspecified atom stereocenters. The van der Waals surface area contributed by atoms with E-state index < -0.39 is 0 Å². The van der Waals surface area contributed by atoms with E-state index in [0.717, 1.165) is 24.6 Å². The second-order valence-corrected chi connectivity index (χ2v) is 6.52.